The number of aromatic hydroxyl groups is 1. The van der Waals surface area contributed by atoms with Crippen molar-refractivity contribution in [2.45, 2.75) is 32.4 Å². The number of benzene rings is 2. The summed E-state index contributed by atoms with van der Waals surface area (Å²) in [6.07, 6.45) is 2.84. The lowest BCUT2D eigenvalue weighted by Crippen LogP contribution is -2.47. The number of aliphatic hydroxyl groups excluding tert-OH is 1. The number of phenols is 1. The van der Waals surface area contributed by atoms with Gasteiger partial charge in [0.2, 0.25) is 0 Å². The fourth-order valence-corrected chi connectivity index (χ4v) is 5.53. The van der Waals surface area contributed by atoms with E-state index in [0.717, 1.165) is 61.7 Å². The summed E-state index contributed by atoms with van der Waals surface area (Å²) < 4.78 is 2.06. The summed E-state index contributed by atoms with van der Waals surface area (Å²) in [5.41, 5.74) is 4.67. The normalized spacial score (nSPS) is 18.8. The number of aliphatic hydroxyl groups is 1. The Kier molecular flexibility index (Phi) is 7.30. The van der Waals surface area contributed by atoms with Gasteiger partial charge in [-0.15, -0.1) is 0 Å². The van der Waals surface area contributed by atoms with Gasteiger partial charge in [0.1, 0.15) is 5.75 Å². The molecule has 3 aromatic rings. The molecule has 190 valence electrons. The molecule has 7 nitrogen and oxygen atoms in total. The number of amides is 1. The first-order valence-corrected chi connectivity index (χ1v) is 13.0. The Morgan fingerprint density at radius 3 is 2.36 bits per heavy atom. The number of carbonyl (C=O) groups excluding carboxylic acids is 1. The van der Waals surface area contributed by atoms with Crippen molar-refractivity contribution in [3.05, 3.63) is 83.2 Å². The van der Waals surface area contributed by atoms with Crippen LogP contribution >= 0.6 is 0 Å². The number of anilines is 1. The highest BCUT2D eigenvalue weighted by molar-refractivity contribution is 5.97. The second-order valence-corrected chi connectivity index (χ2v) is 9.98. The molecule has 2 aliphatic heterocycles. The van der Waals surface area contributed by atoms with Crippen LogP contribution in [0.2, 0.25) is 0 Å². The first-order valence-electron chi connectivity index (χ1n) is 13.0. The van der Waals surface area contributed by atoms with Gasteiger partial charge in [-0.25, -0.2) is 0 Å². The Balaban J connectivity index is 1.17. The molecule has 7 heteroatoms. The largest absolute Gasteiger partial charge is 0.508 e. The first-order chi connectivity index (χ1) is 17.5. The predicted molar refractivity (Wildman–Crippen MR) is 142 cm³/mol. The molecule has 0 aliphatic carbocycles. The minimum Gasteiger partial charge on any atom is -0.508 e. The van der Waals surface area contributed by atoms with E-state index in [0.29, 0.717) is 37.4 Å². The topological polar surface area (TPSA) is 72.2 Å². The molecule has 1 atom stereocenters. The van der Waals surface area contributed by atoms with Crippen molar-refractivity contribution in [2.75, 3.05) is 50.7 Å². The molecule has 1 aromatic heterocycles. The molecule has 2 aliphatic rings. The molecule has 0 spiro atoms. The quantitative estimate of drug-likeness (QED) is 0.531. The van der Waals surface area contributed by atoms with Crippen molar-refractivity contribution in [1.82, 2.24) is 14.4 Å². The summed E-state index contributed by atoms with van der Waals surface area (Å²) >= 11 is 0. The Hall–Kier alpha value is -3.29. The summed E-state index contributed by atoms with van der Waals surface area (Å²) in [5, 5.41) is 20.5. The second kappa shape index (κ2) is 10.8. The third-order valence-corrected chi connectivity index (χ3v) is 7.48. The molecule has 0 radical (unpaired) electrons. The van der Waals surface area contributed by atoms with Crippen LogP contribution in [0, 0.1) is 6.92 Å². The summed E-state index contributed by atoms with van der Waals surface area (Å²) in [6.45, 7) is 8.74. The Labute approximate surface area is 213 Å². The van der Waals surface area contributed by atoms with Crippen molar-refractivity contribution in [2.24, 2.45) is 0 Å². The molecular formula is C29H36N4O3. The van der Waals surface area contributed by atoms with Crippen LogP contribution in [0.5, 0.6) is 5.75 Å². The molecular weight excluding hydrogens is 452 g/mol. The molecule has 3 heterocycles. The van der Waals surface area contributed by atoms with Gasteiger partial charge in [-0.3, -0.25) is 9.69 Å². The number of piperazine rings is 1. The third kappa shape index (κ3) is 5.27. The monoisotopic (exact) mass is 488 g/mol. The van der Waals surface area contributed by atoms with Crippen LogP contribution in [0.15, 0.2) is 60.8 Å². The maximum Gasteiger partial charge on any atom is 0.256 e. The van der Waals surface area contributed by atoms with Crippen LogP contribution in [-0.4, -0.2) is 76.3 Å². The Bertz CT molecular complexity index is 1170. The highest BCUT2D eigenvalue weighted by atomic mass is 16.3. The van der Waals surface area contributed by atoms with Crippen molar-refractivity contribution in [1.29, 1.82) is 0 Å². The molecule has 1 saturated heterocycles. The highest BCUT2D eigenvalue weighted by Gasteiger charge is 2.32. The number of carbonyl (C=O) groups is 1. The molecule has 36 heavy (non-hydrogen) atoms. The Morgan fingerprint density at radius 2 is 1.64 bits per heavy atom. The number of aryl methyl sites for hydroxylation is 1. The lowest BCUT2D eigenvalue weighted by Gasteiger charge is -2.36. The zero-order valence-electron chi connectivity index (χ0n) is 21.0. The predicted octanol–water partition coefficient (Wildman–Crippen LogP) is 3.64. The van der Waals surface area contributed by atoms with E-state index in [9.17, 15) is 15.0 Å². The van der Waals surface area contributed by atoms with E-state index in [1.165, 1.54) is 0 Å². The van der Waals surface area contributed by atoms with Crippen LogP contribution in [0.1, 0.15) is 46.1 Å². The molecule has 0 saturated carbocycles. The molecule has 2 N–H and O–H groups in total. The number of nitrogens with zero attached hydrogens (tertiary/aromatic N) is 4. The van der Waals surface area contributed by atoms with Crippen molar-refractivity contribution in [3.8, 4) is 5.75 Å². The second-order valence-electron chi connectivity index (χ2n) is 9.98. The third-order valence-electron chi connectivity index (χ3n) is 7.48. The maximum absolute atomic E-state index is 13.5. The lowest BCUT2D eigenvalue weighted by atomic mass is 10.1. The van der Waals surface area contributed by atoms with E-state index in [4.69, 9.17) is 0 Å². The van der Waals surface area contributed by atoms with Gasteiger partial charge < -0.3 is 24.6 Å². The minimum absolute atomic E-state index is 0.0445. The molecule has 1 fully saturated rings. The van der Waals surface area contributed by atoms with Gasteiger partial charge >= 0.3 is 0 Å². The van der Waals surface area contributed by atoms with Crippen LogP contribution in [0.4, 0.5) is 5.69 Å². The standard InChI is InChI=1S/C29H36N4O3/c1-22-20-33(21-23-6-3-2-4-7-23)28-26(35)12-15-32(29(36)27(22)28)14-5-13-30-16-18-31(19-17-30)24-8-10-25(34)11-9-24/h2-4,6-11,20,26,34-35H,5,12-19,21H2,1H3. The number of hydrogen-bond donors (Lipinski definition) is 2. The van der Waals surface area contributed by atoms with Crippen molar-refractivity contribution in [3.63, 3.8) is 0 Å². The zero-order valence-corrected chi connectivity index (χ0v) is 21.0. The smallest absolute Gasteiger partial charge is 0.256 e. The SMILES string of the molecule is Cc1cn(Cc2ccccc2)c2c1C(=O)N(CCCN1CCN(c3ccc(O)cc3)CC1)CCC2O. The van der Waals surface area contributed by atoms with Crippen molar-refractivity contribution < 1.29 is 15.0 Å². The van der Waals surface area contributed by atoms with Crippen LogP contribution in [-0.2, 0) is 6.54 Å². The van der Waals surface area contributed by atoms with Gasteiger partial charge in [0, 0.05) is 57.7 Å². The van der Waals surface area contributed by atoms with Gasteiger partial charge in [-0.05, 0) is 61.7 Å². The van der Waals surface area contributed by atoms with Gasteiger partial charge in [0.05, 0.1) is 17.4 Å². The first kappa shape index (κ1) is 24.4. The number of phenolic OH excluding ortho intramolecular Hbond substituents is 1. The van der Waals surface area contributed by atoms with Crippen LogP contribution in [0.3, 0.4) is 0 Å². The number of aromatic nitrogens is 1. The average Bonchev–Trinajstić information content (AvgIpc) is 3.15. The van der Waals surface area contributed by atoms with Crippen molar-refractivity contribution >= 4 is 11.6 Å². The summed E-state index contributed by atoms with van der Waals surface area (Å²) in [7, 11) is 0. The fraction of sp³-hybridized carbons (Fsp3) is 0.414. The summed E-state index contributed by atoms with van der Waals surface area (Å²) in [6, 6.07) is 17.6. The fourth-order valence-electron chi connectivity index (χ4n) is 5.53. The van der Waals surface area contributed by atoms with E-state index in [1.54, 1.807) is 12.1 Å². The maximum atomic E-state index is 13.5. The number of rotatable bonds is 7. The molecule has 1 unspecified atom stereocenters. The minimum atomic E-state index is -0.640. The van der Waals surface area contributed by atoms with Gasteiger partial charge in [0.25, 0.3) is 5.91 Å². The summed E-state index contributed by atoms with van der Waals surface area (Å²) in [4.78, 5) is 20.3. The van der Waals surface area contributed by atoms with E-state index >= 15 is 0 Å². The zero-order chi connectivity index (χ0) is 25.1. The lowest BCUT2D eigenvalue weighted by molar-refractivity contribution is 0.0737. The van der Waals surface area contributed by atoms with Crippen LogP contribution < -0.4 is 4.90 Å². The van der Waals surface area contributed by atoms with Gasteiger partial charge in [0.15, 0.2) is 0 Å². The van der Waals surface area contributed by atoms with E-state index in [2.05, 4.69) is 26.5 Å². The average molecular weight is 489 g/mol. The van der Waals surface area contributed by atoms with E-state index in [-0.39, 0.29) is 5.91 Å². The summed E-state index contributed by atoms with van der Waals surface area (Å²) in [5.74, 6) is 0.339. The molecule has 5 rings (SSSR count). The Morgan fingerprint density at radius 1 is 0.917 bits per heavy atom. The number of hydrogen-bond acceptors (Lipinski definition) is 5. The molecule has 2 aromatic carbocycles. The van der Waals surface area contributed by atoms with Gasteiger partial charge in [-0.1, -0.05) is 30.3 Å². The highest BCUT2D eigenvalue weighted by Crippen LogP contribution is 2.31. The van der Waals surface area contributed by atoms with E-state index in [1.807, 2.05) is 48.4 Å². The molecule has 0 bridgehead atoms. The number of fused-ring (bicyclic) bond motifs is 1. The van der Waals surface area contributed by atoms with Crippen LogP contribution in [0.25, 0.3) is 0 Å². The van der Waals surface area contributed by atoms with Gasteiger partial charge in [-0.2, -0.15) is 0 Å². The van der Waals surface area contributed by atoms with E-state index < -0.39 is 6.10 Å². The molecule has 1 amide bonds.